The van der Waals surface area contributed by atoms with Crippen molar-refractivity contribution in [2.45, 2.75) is 6.42 Å². The molecule has 1 N–H and O–H groups in total. The van der Waals surface area contributed by atoms with E-state index in [-0.39, 0.29) is 5.91 Å². The first-order chi connectivity index (χ1) is 7.72. The largest absolute Gasteiger partial charge is 0.352 e. The van der Waals surface area contributed by atoms with Gasteiger partial charge in [-0.15, -0.1) is 11.6 Å². The van der Waals surface area contributed by atoms with E-state index in [4.69, 9.17) is 11.6 Å². The van der Waals surface area contributed by atoms with Crippen LogP contribution in [0, 0.1) is 0 Å². The van der Waals surface area contributed by atoms with Crippen molar-refractivity contribution in [3.63, 3.8) is 0 Å². The van der Waals surface area contributed by atoms with Gasteiger partial charge in [-0.05, 0) is 17.7 Å². The number of rotatable bonds is 5. The molecule has 0 saturated carbocycles. The highest BCUT2D eigenvalue weighted by atomic mass is 79.9. The lowest BCUT2D eigenvalue weighted by Crippen LogP contribution is -2.25. The molecule has 0 spiro atoms. The van der Waals surface area contributed by atoms with Gasteiger partial charge in [0.1, 0.15) is 0 Å². The SMILES string of the molecule is O=C(Cc1ccc(Br)cc1)NC/C=C/CCl. The van der Waals surface area contributed by atoms with Gasteiger partial charge in [0, 0.05) is 16.9 Å². The molecule has 1 aromatic carbocycles. The molecule has 0 aliphatic heterocycles. The Hall–Kier alpha value is -0.800. The number of hydrogen-bond donors (Lipinski definition) is 1. The summed E-state index contributed by atoms with van der Waals surface area (Å²) < 4.78 is 1.02. The first-order valence-corrected chi connectivity index (χ1v) is 6.27. The Morgan fingerprint density at radius 3 is 2.62 bits per heavy atom. The van der Waals surface area contributed by atoms with Crippen molar-refractivity contribution < 1.29 is 4.79 Å². The molecule has 1 amide bonds. The molecule has 0 bridgehead atoms. The Morgan fingerprint density at radius 2 is 2.00 bits per heavy atom. The maximum atomic E-state index is 11.5. The van der Waals surface area contributed by atoms with Gasteiger partial charge < -0.3 is 5.32 Å². The highest BCUT2D eigenvalue weighted by Crippen LogP contribution is 2.10. The number of benzene rings is 1. The fourth-order valence-corrected chi connectivity index (χ4v) is 1.56. The molecule has 1 aromatic rings. The van der Waals surface area contributed by atoms with Gasteiger partial charge in [0.2, 0.25) is 5.91 Å². The number of alkyl halides is 1. The fourth-order valence-electron chi connectivity index (χ4n) is 1.17. The molecular weight excluding hydrogens is 289 g/mol. The van der Waals surface area contributed by atoms with E-state index in [1.54, 1.807) is 0 Å². The zero-order chi connectivity index (χ0) is 11.8. The maximum Gasteiger partial charge on any atom is 0.224 e. The summed E-state index contributed by atoms with van der Waals surface area (Å²) in [7, 11) is 0. The van der Waals surface area contributed by atoms with Gasteiger partial charge in [-0.3, -0.25) is 4.79 Å². The lowest BCUT2D eigenvalue weighted by molar-refractivity contribution is -0.120. The fraction of sp³-hybridized carbons (Fsp3) is 0.250. The predicted octanol–water partition coefficient (Wildman–Crippen LogP) is 2.90. The highest BCUT2D eigenvalue weighted by molar-refractivity contribution is 9.10. The van der Waals surface area contributed by atoms with Crippen molar-refractivity contribution in [2.75, 3.05) is 12.4 Å². The smallest absolute Gasteiger partial charge is 0.224 e. The normalized spacial score (nSPS) is 10.6. The molecule has 1 rings (SSSR count). The summed E-state index contributed by atoms with van der Waals surface area (Å²) in [5.41, 5.74) is 1.00. The first kappa shape index (κ1) is 13.3. The number of allylic oxidation sites excluding steroid dienone is 1. The number of hydrogen-bond acceptors (Lipinski definition) is 1. The van der Waals surface area contributed by atoms with Gasteiger partial charge in [0.15, 0.2) is 0 Å². The number of amides is 1. The molecule has 0 aromatic heterocycles. The van der Waals surface area contributed by atoms with Crippen molar-refractivity contribution in [2.24, 2.45) is 0 Å². The van der Waals surface area contributed by atoms with E-state index < -0.39 is 0 Å². The Morgan fingerprint density at radius 1 is 1.31 bits per heavy atom. The van der Waals surface area contributed by atoms with Crippen molar-refractivity contribution in [1.82, 2.24) is 5.32 Å². The molecule has 0 aliphatic carbocycles. The molecule has 0 unspecified atom stereocenters. The molecule has 0 saturated heterocycles. The van der Waals surface area contributed by atoms with Crippen LogP contribution in [0.2, 0.25) is 0 Å². The molecular formula is C12H13BrClNO. The van der Waals surface area contributed by atoms with Crippen LogP contribution >= 0.6 is 27.5 Å². The third-order valence-corrected chi connectivity index (χ3v) is 2.66. The van der Waals surface area contributed by atoms with E-state index >= 15 is 0 Å². The van der Waals surface area contributed by atoms with Crippen LogP contribution in [0.4, 0.5) is 0 Å². The monoisotopic (exact) mass is 301 g/mol. The second-order valence-electron chi connectivity index (χ2n) is 3.23. The third-order valence-electron chi connectivity index (χ3n) is 1.95. The van der Waals surface area contributed by atoms with Crippen LogP contribution in [-0.4, -0.2) is 18.3 Å². The van der Waals surface area contributed by atoms with E-state index in [2.05, 4.69) is 21.2 Å². The highest BCUT2D eigenvalue weighted by Gasteiger charge is 2.01. The molecule has 0 radical (unpaired) electrons. The van der Waals surface area contributed by atoms with Crippen LogP contribution in [0.5, 0.6) is 0 Å². The van der Waals surface area contributed by atoms with E-state index in [1.165, 1.54) is 0 Å². The van der Waals surface area contributed by atoms with E-state index in [0.717, 1.165) is 10.0 Å². The number of carbonyl (C=O) groups excluding carboxylic acids is 1. The van der Waals surface area contributed by atoms with Gasteiger partial charge in [-0.2, -0.15) is 0 Å². The summed E-state index contributed by atoms with van der Waals surface area (Å²) in [6, 6.07) is 7.71. The molecule has 4 heteroatoms. The topological polar surface area (TPSA) is 29.1 Å². The predicted molar refractivity (Wildman–Crippen MR) is 70.7 cm³/mol. The van der Waals surface area contributed by atoms with E-state index in [1.807, 2.05) is 36.4 Å². The Labute approximate surface area is 109 Å². The minimum absolute atomic E-state index is 0.0153. The summed E-state index contributed by atoms with van der Waals surface area (Å²) in [5.74, 6) is 0.490. The standard InChI is InChI=1S/C12H13BrClNO/c13-11-5-3-10(4-6-11)9-12(16)15-8-2-1-7-14/h1-6H,7-9H2,(H,15,16)/b2-1+. The third kappa shape index (κ3) is 5.33. The van der Waals surface area contributed by atoms with Crippen LogP contribution in [0.25, 0.3) is 0 Å². The van der Waals surface area contributed by atoms with Gasteiger partial charge in [-0.25, -0.2) is 0 Å². The van der Waals surface area contributed by atoms with Crippen LogP contribution < -0.4 is 5.32 Å². The Bertz CT molecular complexity index is 362. The van der Waals surface area contributed by atoms with Crippen molar-refractivity contribution >= 4 is 33.4 Å². The zero-order valence-corrected chi connectivity index (χ0v) is 11.1. The van der Waals surface area contributed by atoms with E-state index in [0.29, 0.717) is 18.8 Å². The quantitative estimate of drug-likeness (QED) is 0.657. The van der Waals surface area contributed by atoms with Gasteiger partial charge >= 0.3 is 0 Å². The molecule has 2 nitrogen and oxygen atoms in total. The summed E-state index contributed by atoms with van der Waals surface area (Å²) in [6.07, 6.45) is 4.05. The molecule has 0 fully saturated rings. The van der Waals surface area contributed by atoms with Crippen LogP contribution in [0.1, 0.15) is 5.56 Å². The number of carbonyl (C=O) groups is 1. The van der Waals surface area contributed by atoms with Crippen LogP contribution in [0.15, 0.2) is 40.9 Å². The lowest BCUT2D eigenvalue weighted by atomic mass is 10.1. The second-order valence-corrected chi connectivity index (χ2v) is 4.46. The zero-order valence-electron chi connectivity index (χ0n) is 8.75. The summed E-state index contributed by atoms with van der Waals surface area (Å²) in [4.78, 5) is 11.5. The minimum atomic E-state index is 0.0153. The molecule has 86 valence electrons. The Kier molecular flexibility index (Phi) is 6.19. The number of halogens is 2. The van der Waals surface area contributed by atoms with Gasteiger partial charge in [0.25, 0.3) is 0 Å². The van der Waals surface area contributed by atoms with Crippen LogP contribution in [-0.2, 0) is 11.2 Å². The molecule has 0 aliphatic rings. The first-order valence-electron chi connectivity index (χ1n) is 4.94. The average Bonchev–Trinajstić information content (AvgIpc) is 2.28. The van der Waals surface area contributed by atoms with E-state index in [9.17, 15) is 4.79 Å². The van der Waals surface area contributed by atoms with Crippen molar-refractivity contribution in [3.8, 4) is 0 Å². The minimum Gasteiger partial charge on any atom is -0.352 e. The number of nitrogens with one attached hydrogen (secondary N) is 1. The van der Waals surface area contributed by atoms with Crippen molar-refractivity contribution in [1.29, 1.82) is 0 Å². The van der Waals surface area contributed by atoms with Gasteiger partial charge in [0.05, 0.1) is 6.42 Å². The average molecular weight is 303 g/mol. The van der Waals surface area contributed by atoms with Crippen molar-refractivity contribution in [3.05, 3.63) is 46.5 Å². The molecule has 16 heavy (non-hydrogen) atoms. The van der Waals surface area contributed by atoms with Crippen LogP contribution in [0.3, 0.4) is 0 Å². The molecule has 0 atom stereocenters. The molecule has 0 heterocycles. The second kappa shape index (κ2) is 7.47. The summed E-state index contributed by atoms with van der Waals surface area (Å²) >= 11 is 8.81. The lowest BCUT2D eigenvalue weighted by Gasteiger charge is -2.02. The summed E-state index contributed by atoms with van der Waals surface area (Å²) in [5, 5.41) is 2.78. The maximum absolute atomic E-state index is 11.5. The Balaban J connectivity index is 2.34. The summed E-state index contributed by atoms with van der Waals surface area (Å²) in [6.45, 7) is 0.530. The van der Waals surface area contributed by atoms with Gasteiger partial charge in [-0.1, -0.05) is 40.2 Å².